The van der Waals surface area contributed by atoms with E-state index < -0.39 is 0 Å². The predicted molar refractivity (Wildman–Crippen MR) is 96.5 cm³/mol. The molecule has 2 aromatic heterocycles. The highest BCUT2D eigenvalue weighted by molar-refractivity contribution is 7.22. The van der Waals surface area contributed by atoms with Crippen molar-refractivity contribution in [1.82, 2.24) is 10.1 Å². The lowest BCUT2D eigenvalue weighted by Gasteiger charge is -2.21. The highest BCUT2D eigenvalue weighted by atomic mass is 35.5. The molecule has 1 amide bonds. The van der Waals surface area contributed by atoms with Crippen molar-refractivity contribution in [3.05, 3.63) is 40.7 Å². The van der Waals surface area contributed by atoms with E-state index in [1.54, 1.807) is 24.0 Å². The van der Waals surface area contributed by atoms with Crippen molar-refractivity contribution in [3.8, 4) is 0 Å². The third-order valence-electron chi connectivity index (χ3n) is 4.09. The van der Waals surface area contributed by atoms with Gasteiger partial charge in [0, 0.05) is 12.7 Å². The fourth-order valence-electron chi connectivity index (χ4n) is 2.86. The van der Waals surface area contributed by atoms with Crippen LogP contribution in [0, 0.1) is 6.92 Å². The summed E-state index contributed by atoms with van der Waals surface area (Å²) in [6.45, 7) is 2.91. The molecule has 1 aliphatic rings. The van der Waals surface area contributed by atoms with Crippen LogP contribution in [0.2, 0.25) is 5.02 Å². The topological polar surface area (TPSA) is 68.5 Å². The van der Waals surface area contributed by atoms with E-state index in [1.165, 1.54) is 11.3 Å². The molecule has 0 saturated carbocycles. The normalized spacial score (nSPS) is 17.3. The number of hydrogen-bond acceptors (Lipinski definition) is 6. The van der Waals surface area contributed by atoms with Crippen LogP contribution in [0.3, 0.4) is 0 Å². The number of anilines is 1. The molecule has 3 heterocycles. The number of para-hydroxylation sites is 1. The second-order valence-corrected chi connectivity index (χ2v) is 7.37. The molecule has 1 saturated heterocycles. The summed E-state index contributed by atoms with van der Waals surface area (Å²) in [5.41, 5.74) is 0.964. The first-order valence-electron chi connectivity index (χ1n) is 8.03. The Morgan fingerprint density at radius 2 is 2.36 bits per heavy atom. The first-order chi connectivity index (χ1) is 12.1. The van der Waals surface area contributed by atoms with Gasteiger partial charge in [-0.25, -0.2) is 4.98 Å². The Morgan fingerprint density at radius 1 is 1.48 bits per heavy atom. The number of halogens is 1. The zero-order chi connectivity index (χ0) is 17.4. The Hall–Kier alpha value is -1.96. The average Bonchev–Trinajstić information content (AvgIpc) is 3.32. The van der Waals surface area contributed by atoms with Crippen molar-refractivity contribution in [2.45, 2.75) is 25.9 Å². The Balaban J connectivity index is 1.72. The fraction of sp³-hybridized carbons (Fsp3) is 0.353. The Morgan fingerprint density at radius 3 is 3.04 bits per heavy atom. The SMILES string of the molecule is Cc1cc(C(=O)N(CC2CCCO2)c2nc3c(Cl)cccc3s2)no1. The molecule has 6 nitrogen and oxygen atoms in total. The van der Waals surface area contributed by atoms with Crippen LogP contribution in [0.1, 0.15) is 29.1 Å². The zero-order valence-electron chi connectivity index (χ0n) is 13.6. The summed E-state index contributed by atoms with van der Waals surface area (Å²) in [5, 5.41) is 5.01. The van der Waals surface area contributed by atoms with E-state index in [2.05, 4.69) is 10.1 Å². The molecule has 1 fully saturated rings. The van der Waals surface area contributed by atoms with Gasteiger partial charge in [-0.05, 0) is 31.9 Å². The van der Waals surface area contributed by atoms with Crippen molar-refractivity contribution in [2.75, 3.05) is 18.1 Å². The lowest BCUT2D eigenvalue weighted by atomic mass is 10.2. The summed E-state index contributed by atoms with van der Waals surface area (Å²) in [7, 11) is 0. The molecule has 1 aliphatic heterocycles. The van der Waals surface area contributed by atoms with Gasteiger partial charge in [-0.2, -0.15) is 0 Å². The molecule has 130 valence electrons. The average molecular weight is 378 g/mol. The summed E-state index contributed by atoms with van der Waals surface area (Å²) in [6.07, 6.45) is 1.92. The minimum absolute atomic E-state index is 0.000526. The summed E-state index contributed by atoms with van der Waals surface area (Å²) in [5.74, 6) is 0.343. The van der Waals surface area contributed by atoms with Crippen LogP contribution < -0.4 is 4.90 Å². The monoisotopic (exact) mass is 377 g/mol. The number of benzene rings is 1. The maximum absolute atomic E-state index is 13.0. The van der Waals surface area contributed by atoms with Crippen LogP contribution in [-0.4, -0.2) is 35.3 Å². The quantitative estimate of drug-likeness (QED) is 0.685. The third-order valence-corrected chi connectivity index (χ3v) is 5.44. The van der Waals surface area contributed by atoms with Gasteiger partial charge in [0.15, 0.2) is 10.8 Å². The number of fused-ring (bicyclic) bond motifs is 1. The number of aromatic nitrogens is 2. The predicted octanol–water partition coefficient (Wildman–Crippen LogP) is 4.07. The maximum atomic E-state index is 13.0. The molecule has 4 rings (SSSR count). The van der Waals surface area contributed by atoms with E-state index >= 15 is 0 Å². The summed E-state index contributed by atoms with van der Waals surface area (Å²) < 4.78 is 11.7. The second-order valence-electron chi connectivity index (χ2n) is 5.96. The first-order valence-corrected chi connectivity index (χ1v) is 9.23. The molecule has 0 N–H and O–H groups in total. The number of amides is 1. The van der Waals surface area contributed by atoms with Gasteiger partial charge >= 0.3 is 0 Å². The van der Waals surface area contributed by atoms with Crippen LogP contribution in [0.25, 0.3) is 10.2 Å². The minimum Gasteiger partial charge on any atom is -0.376 e. The van der Waals surface area contributed by atoms with Crippen molar-refractivity contribution in [3.63, 3.8) is 0 Å². The molecular weight excluding hydrogens is 362 g/mol. The molecule has 0 radical (unpaired) electrons. The number of aryl methyl sites for hydroxylation is 1. The van der Waals surface area contributed by atoms with Crippen LogP contribution in [-0.2, 0) is 4.74 Å². The number of thiazole rings is 1. The highest BCUT2D eigenvalue weighted by Gasteiger charge is 2.28. The van der Waals surface area contributed by atoms with E-state index in [1.807, 2.05) is 12.1 Å². The number of nitrogens with zero attached hydrogens (tertiary/aromatic N) is 3. The van der Waals surface area contributed by atoms with Gasteiger partial charge < -0.3 is 9.26 Å². The molecule has 1 atom stereocenters. The lowest BCUT2D eigenvalue weighted by Crippen LogP contribution is -2.37. The fourth-order valence-corrected chi connectivity index (χ4v) is 4.14. The van der Waals surface area contributed by atoms with Crippen molar-refractivity contribution in [2.24, 2.45) is 0 Å². The van der Waals surface area contributed by atoms with E-state index in [0.29, 0.717) is 28.0 Å². The van der Waals surface area contributed by atoms with Gasteiger partial charge in [0.2, 0.25) is 0 Å². The Kier molecular flexibility index (Phi) is 4.45. The van der Waals surface area contributed by atoms with Gasteiger partial charge in [-0.1, -0.05) is 34.2 Å². The number of carbonyl (C=O) groups is 1. The van der Waals surface area contributed by atoms with E-state index in [-0.39, 0.29) is 17.7 Å². The van der Waals surface area contributed by atoms with Crippen molar-refractivity contribution >= 4 is 44.2 Å². The summed E-state index contributed by atoms with van der Waals surface area (Å²) in [4.78, 5) is 19.2. The summed E-state index contributed by atoms with van der Waals surface area (Å²) >= 11 is 7.66. The van der Waals surface area contributed by atoms with Gasteiger partial charge in [-0.3, -0.25) is 9.69 Å². The maximum Gasteiger partial charge on any atom is 0.282 e. The van der Waals surface area contributed by atoms with Gasteiger partial charge in [0.1, 0.15) is 11.3 Å². The number of ether oxygens (including phenoxy) is 1. The Bertz CT molecular complexity index is 917. The highest BCUT2D eigenvalue weighted by Crippen LogP contribution is 2.34. The van der Waals surface area contributed by atoms with Crippen LogP contribution in [0.15, 0.2) is 28.8 Å². The van der Waals surface area contributed by atoms with Crippen LogP contribution in [0.4, 0.5) is 5.13 Å². The third kappa shape index (κ3) is 3.27. The van der Waals surface area contributed by atoms with E-state index in [9.17, 15) is 4.79 Å². The van der Waals surface area contributed by atoms with Gasteiger partial charge in [-0.15, -0.1) is 0 Å². The molecule has 25 heavy (non-hydrogen) atoms. The number of hydrogen-bond donors (Lipinski definition) is 0. The second kappa shape index (κ2) is 6.74. The van der Waals surface area contributed by atoms with Crippen LogP contribution >= 0.6 is 22.9 Å². The smallest absolute Gasteiger partial charge is 0.282 e. The first kappa shape index (κ1) is 16.5. The molecule has 8 heteroatoms. The molecular formula is C17H16ClN3O3S. The summed E-state index contributed by atoms with van der Waals surface area (Å²) in [6, 6.07) is 7.24. The molecule has 0 aliphatic carbocycles. The lowest BCUT2D eigenvalue weighted by molar-refractivity contribution is 0.0910. The Labute approximate surface area is 153 Å². The van der Waals surface area contributed by atoms with Gasteiger partial charge in [0.25, 0.3) is 5.91 Å². The van der Waals surface area contributed by atoms with Crippen molar-refractivity contribution < 1.29 is 14.1 Å². The molecule has 1 unspecified atom stereocenters. The van der Waals surface area contributed by atoms with E-state index in [4.69, 9.17) is 20.9 Å². The standard InChI is InChI=1S/C17H16ClN3O3S/c1-10-8-13(20-24-10)16(22)21(9-11-4-3-7-23-11)17-19-15-12(18)5-2-6-14(15)25-17/h2,5-6,8,11H,3-4,7,9H2,1H3. The minimum atomic E-state index is -0.248. The molecule has 0 bridgehead atoms. The molecule has 1 aromatic carbocycles. The zero-order valence-corrected chi connectivity index (χ0v) is 15.1. The van der Waals surface area contributed by atoms with Crippen LogP contribution in [0.5, 0.6) is 0 Å². The van der Waals surface area contributed by atoms with Crippen molar-refractivity contribution in [1.29, 1.82) is 0 Å². The largest absolute Gasteiger partial charge is 0.376 e. The number of carbonyl (C=O) groups excluding carboxylic acids is 1. The van der Waals surface area contributed by atoms with E-state index in [0.717, 1.165) is 24.1 Å². The molecule has 0 spiro atoms. The molecule has 3 aromatic rings. The van der Waals surface area contributed by atoms with Gasteiger partial charge in [0.05, 0.1) is 22.4 Å². The number of rotatable bonds is 4.